The maximum absolute atomic E-state index is 5.29. The molecule has 0 amide bonds. The van der Waals surface area contributed by atoms with Gasteiger partial charge in [-0.05, 0) is 67.1 Å². The zero-order chi connectivity index (χ0) is 14.5. The topological polar surface area (TPSA) is 34.1 Å². The number of nitrogens with one attached hydrogen (secondary N) is 1. The summed E-state index contributed by atoms with van der Waals surface area (Å²) >= 11 is 0. The minimum Gasteiger partial charge on any atom is -0.497 e. The first-order valence-electron chi connectivity index (χ1n) is 7.61. The quantitative estimate of drug-likeness (QED) is 0.883. The second kappa shape index (κ2) is 6.72. The molecule has 0 aliphatic heterocycles. The normalized spacial score (nSPS) is 20.8. The summed E-state index contributed by atoms with van der Waals surface area (Å²) in [5.74, 6) is 1.64. The predicted molar refractivity (Wildman–Crippen MR) is 84.7 cm³/mol. The van der Waals surface area contributed by atoms with Crippen LogP contribution in [0.25, 0.3) is 0 Å². The molecule has 3 rings (SSSR count). The monoisotopic (exact) mass is 282 g/mol. The maximum Gasteiger partial charge on any atom is 0.119 e. The highest BCUT2D eigenvalue weighted by Crippen LogP contribution is 2.37. The molecule has 3 heteroatoms. The van der Waals surface area contributed by atoms with E-state index in [0.29, 0.717) is 12.0 Å². The van der Waals surface area contributed by atoms with E-state index in [0.717, 1.165) is 18.7 Å². The number of pyridine rings is 1. The molecule has 21 heavy (non-hydrogen) atoms. The van der Waals surface area contributed by atoms with Gasteiger partial charge in [-0.15, -0.1) is 0 Å². The number of aromatic nitrogens is 1. The molecule has 110 valence electrons. The molecule has 1 aromatic carbocycles. The third-order valence-electron chi connectivity index (χ3n) is 4.30. The Morgan fingerprint density at radius 3 is 2.76 bits per heavy atom. The summed E-state index contributed by atoms with van der Waals surface area (Å²) in [5.41, 5.74) is 2.75. The van der Waals surface area contributed by atoms with Crippen molar-refractivity contribution in [3.63, 3.8) is 0 Å². The van der Waals surface area contributed by atoms with Crippen molar-refractivity contribution < 1.29 is 4.74 Å². The van der Waals surface area contributed by atoms with Gasteiger partial charge in [-0.3, -0.25) is 4.98 Å². The molecule has 2 aromatic rings. The molecule has 0 unspecified atom stereocenters. The summed E-state index contributed by atoms with van der Waals surface area (Å²) in [6.07, 6.45) is 7.24. The maximum atomic E-state index is 5.29. The van der Waals surface area contributed by atoms with Gasteiger partial charge in [0.25, 0.3) is 0 Å². The molecule has 1 saturated carbocycles. The summed E-state index contributed by atoms with van der Waals surface area (Å²) in [6.45, 7) is 1.04. The van der Waals surface area contributed by atoms with Gasteiger partial charge in [0.1, 0.15) is 5.75 Å². The number of hydrogen-bond acceptors (Lipinski definition) is 3. The molecule has 0 radical (unpaired) electrons. The van der Waals surface area contributed by atoms with Crippen molar-refractivity contribution in [3.05, 3.63) is 59.9 Å². The lowest BCUT2D eigenvalue weighted by Crippen LogP contribution is -2.40. The van der Waals surface area contributed by atoms with Gasteiger partial charge in [-0.1, -0.05) is 12.1 Å². The Kier molecular flexibility index (Phi) is 4.51. The fourth-order valence-corrected chi connectivity index (χ4v) is 2.92. The molecular weight excluding hydrogens is 260 g/mol. The Morgan fingerprint density at radius 2 is 2.00 bits per heavy atom. The van der Waals surface area contributed by atoms with Gasteiger partial charge in [-0.25, -0.2) is 0 Å². The molecule has 1 N–H and O–H groups in total. The van der Waals surface area contributed by atoms with Crippen molar-refractivity contribution in [1.82, 2.24) is 10.3 Å². The Balaban J connectivity index is 1.41. The average Bonchev–Trinajstić information content (AvgIpc) is 2.50. The molecule has 0 bridgehead atoms. The summed E-state index contributed by atoms with van der Waals surface area (Å²) in [7, 11) is 1.73. The number of nitrogens with zero attached hydrogens (tertiary/aromatic N) is 1. The SMILES string of the molecule is COc1cccc(C2CC(NCCc3ccncc3)C2)c1. The highest BCUT2D eigenvalue weighted by atomic mass is 16.5. The van der Waals surface area contributed by atoms with E-state index in [-0.39, 0.29) is 0 Å². The molecule has 3 nitrogen and oxygen atoms in total. The zero-order valence-electron chi connectivity index (χ0n) is 12.5. The lowest BCUT2D eigenvalue weighted by atomic mass is 9.76. The first-order valence-corrected chi connectivity index (χ1v) is 7.61. The smallest absolute Gasteiger partial charge is 0.119 e. The van der Waals surface area contributed by atoms with Crippen molar-refractivity contribution in [2.45, 2.75) is 31.2 Å². The highest BCUT2D eigenvalue weighted by Gasteiger charge is 2.29. The molecule has 0 atom stereocenters. The molecule has 1 fully saturated rings. The van der Waals surface area contributed by atoms with E-state index in [2.05, 4.69) is 40.6 Å². The largest absolute Gasteiger partial charge is 0.497 e. The van der Waals surface area contributed by atoms with E-state index < -0.39 is 0 Å². The first-order chi connectivity index (χ1) is 10.3. The molecule has 1 heterocycles. The Bertz CT molecular complexity index is 564. The van der Waals surface area contributed by atoms with Crippen LogP contribution < -0.4 is 10.1 Å². The van der Waals surface area contributed by atoms with Crippen LogP contribution in [0.3, 0.4) is 0 Å². The van der Waals surface area contributed by atoms with Crippen LogP contribution in [0.5, 0.6) is 5.75 Å². The van der Waals surface area contributed by atoms with E-state index in [1.165, 1.54) is 24.0 Å². The van der Waals surface area contributed by atoms with Gasteiger partial charge in [0.15, 0.2) is 0 Å². The molecular formula is C18H22N2O. The minimum absolute atomic E-state index is 0.656. The van der Waals surface area contributed by atoms with E-state index >= 15 is 0 Å². The third kappa shape index (κ3) is 3.61. The van der Waals surface area contributed by atoms with E-state index in [1.54, 1.807) is 7.11 Å². The average molecular weight is 282 g/mol. The Morgan fingerprint density at radius 1 is 1.19 bits per heavy atom. The lowest BCUT2D eigenvalue weighted by Gasteiger charge is -2.36. The van der Waals surface area contributed by atoms with Crippen molar-refractivity contribution >= 4 is 0 Å². The van der Waals surface area contributed by atoms with Crippen LogP contribution in [0.2, 0.25) is 0 Å². The van der Waals surface area contributed by atoms with E-state index in [9.17, 15) is 0 Å². The fraction of sp³-hybridized carbons (Fsp3) is 0.389. The van der Waals surface area contributed by atoms with Gasteiger partial charge in [0.2, 0.25) is 0 Å². The van der Waals surface area contributed by atoms with Crippen LogP contribution in [0, 0.1) is 0 Å². The van der Waals surface area contributed by atoms with Gasteiger partial charge in [0.05, 0.1) is 7.11 Å². The number of methoxy groups -OCH3 is 1. The molecule has 0 saturated heterocycles. The first kappa shape index (κ1) is 14.1. The van der Waals surface area contributed by atoms with Gasteiger partial charge < -0.3 is 10.1 Å². The molecule has 1 aliphatic rings. The van der Waals surface area contributed by atoms with Crippen molar-refractivity contribution in [3.8, 4) is 5.75 Å². The summed E-state index contributed by atoms with van der Waals surface area (Å²) in [6, 6.07) is 13.3. The minimum atomic E-state index is 0.656. The lowest BCUT2D eigenvalue weighted by molar-refractivity contribution is 0.292. The molecule has 1 aliphatic carbocycles. The number of hydrogen-bond donors (Lipinski definition) is 1. The van der Waals surface area contributed by atoms with Crippen molar-refractivity contribution in [2.24, 2.45) is 0 Å². The second-order valence-electron chi connectivity index (χ2n) is 5.70. The summed E-state index contributed by atoms with van der Waals surface area (Å²) in [5, 5.41) is 3.64. The number of rotatable bonds is 6. The third-order valence-corrected chi connectivity index (χ3v) is 4.30. The van der Waals surface area contributed by atoms with Crippen LogP contribution >= 0.6 is 0 Å². The molecule has 1 aromatic heterocycles. The van der Waals surface area contributed by atoms with Crippen LogP contribution in [0.1, 0.15) is 29.9 Å². The predicted octanol–water partition coefficient (Wildman–Crippen LogP) is 3.17. The summed E-state index contributed by atoms with van der Waals surface area (Å²) < 4.78 is 5.29. The van der Waals surface area contributed by atoms with Crippen LogP contribution in [-0.4, -0.2) is 24.7 Å². The van der Waals surface area contributed by atoms with Gasteiger partial charge in [-0.2, -0.15) is 0 Å². The Hall–Kier alpha value is -1.87. The van der Waals surface area contributed by atoms with Crippen LogP contribution in [0.15, 0.2) is 48.8 Å². The van der Waals surface area contributed by atoms with Crippen molar-refractivity contribution in [2.75, 3.05) is 13.7 Å². The summed E-state index contributed by atoms with van der Waals surface area (Å²) in [4.78, 5) is 4.04. The molecule has 0 spiro atoms. The second-order valence-corrected chi connectivity index (χ2v) is 5.70. The standard InChI is InChI=1S/C18H22N2O/c1-21-18-4-2-3-15(13-18)16-11-17(12-16)20-10-7-14-5-8-19-9-6-14/h2-6,8-9,13,16-17,20H,7,10-12H2,1H3. The number of ether oxygens (including phenoxy) is 1. The highest BCUT2D eigenvalue weighted by molar-refractivity contribution is 5.32. The van der Waals surface area contributed by atoms with Crippen LogP contribution in [0.4, 0.5) is 0 Å². The van der Waals surface area contributed by atoms with E-state index in [4.69, 9.17) is 4.74 Å². The van der Waals surface area contributed by atoms with Gasteiger partial charge >= 0.3 is 0 Å². The van der Waals surface area contributed by atoms with Crippen LogP contribution in [-0.2, 0) is 6.42 Å². The Labute approximate surface area is 126 Å². The van der Waals surface area contributed by atoms with Crippen molar-refractivity contribution in [1.29, 1.82) is 0 Å². The number of benzene rings is 1. The fourth-order valence-electron chi connectivity index (χ4n) is 2.92. The van der Waals surface area contributed by atoms with Gasteiger partial charge in [0, 0.05) is 18.4 Å². The van der Waals surface area contributed by atoms with E-state index in [1.807, 2.05) is 18.5 Å². The zero-order valence-corrected chi connectivity index (χ0v) is 12.5.